The normalized spacial score (nSPS) is 26.6. The van der Waals surface area contributed by atoms with Gasteiger partial charge in [0.1, 0.15) is 0 Å². The minimum Gasteiger partial charge on any atom is -0.317 e. The van der Waals surface area contributed by atoms with Crippen molar-refractivity contribution >= 4 is 0 Å². The number of piperidine rings is 2. The van der Waals surface area contributed by atoms with Crippen LogP contribution in [0, 0.1) is 0 Å². The molecule has 23 heavy (non-hydrogen) atoms. The molecule has 0 amide bonds. The maximum absolute atomic E-state index is 3.67. The van der Waals surface area contributed by atoms with E-state index in [9.17, 15) is 0 Å². The lowest BCUT2D eigenvalue weighted by molar-refractivity contribution is 0.0779. The summed E-state index contributed by atoms with van der Waals surface area (Å²) in [5.41, 5.74) is 0. The summed E-state index contributed by atoms with van der Waals surface area (Å²) in [4.78, 5) is 5.29. The van der Waals surface area contributed by atoms with Gasteiger partial charge in [-0.15, -0.1) is 0 Å². The molecule has 3 fully saturated rings. The molecule has 134 valence electrons. The van der Waals surface area contributed by atoms with Crippen molar-refractivity contribution in [3.63, 3.8) is 0 Å². The number of nitrogens with zero attached hydrogens (tertiary/aromatic N) is 2. The van der Waals surface area contributed by atoms with Crippen molar-refractivity contribution in [2.24, 2.45) is 0 Å². The van der Waals surface area contributed by atoms with E-state index in [1.807, 2.05) is 0 Å². The second kappa shape index (κ2) is 9.91. The van der Waals surface area contributed by atoms with Crippen molar-refractivity contribution < 1.29 is 0 Å². The van der Waals surface area contributed by atoms with Gasteiger partial charge in [0.05, 0.1) is 0 Å². The molecule has 3 rings (SSSR count). The molecule has 4 N–H and O–H groups in total. The highest BCUT2D eigenvalue weighted by Gasteiger charge is 2.24. The van der Waals surface area contributed by atoms with Crippen molar-refractivity contribution in [3.05, 3.63) is 0 Å². The topological polar surface area (TPSA) is 54.6 Å². The Labute approximate surface area is 141 Å². The molecule has 0 spiro atoms. The van der Waals surface area contributed by atoms with E-state index < -0.39 is 0 Å². The van der Waals surface area contributed by atoms with Gasteiger partial charge >= 0.3 is 0 Å². The standard InChI is InChI=1S/C17H36N6/c1-5-18-6-2-16(1)21-10-9-20-15-22-11-13-23(14-12-22)17-3-7-19-8-4-17/h16-21H,1-15H2. The first-order valence-corrected chi connectivity index (χ1v) is 9.74. The van der Waals surface area contributed by atoms with Crippen molar-refractivity contribution in [2.45, 2.75) is 37.8 Å². The molecule has 0 saturated carbocycles. The van der Waals surface area contributed by atoms with E-state index in [0.29, 0.717) is 0 Å². The van der Waals surface area contributed by atoms with Gasteiger partial charge in [0, 0.05) is 58.0 Å². The lowest BCUT2D eigenvalue weighted by atomic mass is 10.0. The maximum Gasteiger partial charge on any atom is 0.0481 e. The molecule has 3 aliphatic heterocycles. The van der Waals surface area contributed by atoms with E-state index in [1.165, 1.54) is 78.0 Å². The van der Waals surface area contributed by atoms with Crippen molar-refractivity contribution in [1.29, 1.82) is 0 Å². The van der Waals surface area contributed by atoms with Crippen LogP contribution in [-0.2, 0) is 0 Å². The molecule has 0 unspecified atom stereocenters. The summed E-state index contributed by atoms with van der Waals surface area (Å²) in [5, 5.41) is 14.2. The van der Waals surface area contributed by atoms with Gasteiger partial charge in [0.15, 0.2) is 0 Å². The molecular weight excluding hydrogens is 288 g/mol. The van der Waals surface area contributed by atoms with Crippen molar-refractivity contribution in [1.82, 2.24) is 31.1 Å². The predicted octanol–water partition coefficient (Wildman–Crippen LogP) is -0.755. The smallest absolute Gasteiger partial charge is 0.0481 e. The third-order valence-electron chi connectivity index (χ3n) is 5.64. The fraction of sp³-hybridized carbons (Fsp3) is 1.00. The van der Waals surface area contributed by atoms with Crippen LogP contribution in [0.15, 0.2) is 0 Å². The molecule has 6 nitrogen and oxygen atoms in total. The second-order valence-corrected chi connectivity index (χ2v) is 7.27. The molecule has 0 radical (unpaired) electrons. The average molecular weight is 325 g/mol. The Kier molecular flexibility index (Phi) is 7.58. The molecule has 6 heteroatoms. The third kappa shape index (κ3) is 5.96. The molecule has 0 aromatic rings. The monoisotopic (exact) mass is 324 g/mol. The molecule has 3 saturated heterocycles. The van der Waals surface area contributed by atoms with E-state index >= 15 is 0 Å². The summed E-state index contributed by atoms with van der Waals surface area (Å²) in [5.74, 6) is 0. The van der Waals surface area contributed by atoms with Gasteiger partial charge in [-0.05, 0) is 51.9 Å². The number of rotatable bonds is 7. The zero-order valence-electron chi connectivity index (χ0n) is 14.7. The number of nitrogens with one attached hydrogen (secondary N) is 4. The Morgan fingerprint density at radius 1 is 0.783 bits per heavy atom. The van der Waals surface area contributed by atoms with Gasteiger partial charge < -0.3 is 21.3 Å². The summed E-state index contributed by atoms with van der Waals surface area (Å²) in [6.45, 7) is 12.9. The number of piperazine rings is 1. The van der Waals surface area contributed by atoms with E-state index in [-0.39, 0.29) is 0 Å². The molecule has 0 bridgehead atoms. The summed E-state index contributed by atoms with van der Waals surface area (Å²) in [6, 6.07) is 1.56. The minimum atomic E-state index is 0.728. The van der Waals surface area contributed by atoms with E-state index in [1.54, 1.807) is 0 Å². The van der Waals surface area contributed by atoms with Gasteiger partial charge in [0.25, 0.3) is 0 Å². The number of hydrogen-bond acceptors (Lipinski definition) is 6. The van der Waals surface area contributed by atoms with Crippen LogP contribution in [-0.4, -0.2) is 94.0 Å². The second-order valence-electron chi connectivity index (χ2n) is 7.27. The average Bonchev–Trinajstić information content (AvgIpc) is 2.64. The van der Waals surface area contributed by atoms with Gasteiger partial charge in [-0.1, -0.05) is 0 Å². The van der Waals surface area contributed by atoms with E-state index in [0.717, 1.165) is 31.8 Å². The zero-order chi connectivity index (χ0) is 15.7. The van der Waals surface area contributed by atoms with Crippen LogP contribution in [0.25, 0.3) is 0 Å². The lowest BCUT2D eigenvalue weighted by Gasteiger charge is -2.40. The third-order valence-corrected chi connectivity index (χ3v) is 5.64. The Morgan fingerprint density at radius 2 is 1.43 bits per heavy atom. The maximum atomic E-state index is 3.67. The molecule has 0 aromatic heterocycles. The van der Waals surface area contributed by atoms with Crippen LogP contribution in [0.2, 0.25) is 0 Å². The highest BCUT2D eigenvalue weighted by molar-refractivity contribution is 4.82. The Hall–Kier alpha value is -0.240. The quantitative estimate of drug-likeness (QED) is 0.462. The summed E-state index contributed by atoms with van der Waals surface area (Å²) >= 11 is 0. The van der Waals surface area contributed by atoms with Crippen LogP contribution in [0.5, 0.6) is 0 Å². The molecule has 3 aliphatic rings. The van der Waals surface area contributed by atoms with Crippen LogP contribution in [0.4, 0.5) is 0 Å². The summed E-state index contributed by atoms with van der Waals surface area (Å²) in [7, 11) is 0. The summed E-state index contributed by atoms with van der Waals surface area (Å²) < 4.78 is 0. The largest absolute Gasteiger partial charge is 0.317 e. The zero-order valence-corrected chi connectivity index (χ0v) is 14.7. The first-order valence-electron chi connectivity index (χ1n) is 9.74. The molecule has 3 heterocycles. The molecule has 0 aliphatic carbocycles. The van der Waals surface area contributed by atoms with Gasteiger partial charge in [-0.3, -0.25) is 9.80 Å². The van der Waals surface area contributed by atoms with Crippen molar-refractivity contribution in [2.75, 3.05) is 72.1 Å². The Balaban J connectivity index is 1.20. The van der Waals surface area contributed by atoms with Gasteiger partial charge in [-0.2, -0.15) is 0 Å². The van der Waals surface area contributed by atoms with Crippen LogP contribution in [0.3, 0.4) is 0 Å². The molecular formula is C17H36N6. The van der Waals surface area contributed by atoms with E-state index in [4.69, 9.17) is 0 Å². The van der Waals surface area contributed by atoms with Gasteiger partial charge in [-0.25, -0.2) is 0 Å². The van der Waals surface area contributed by atoms with Crippen LogP contribution < -0.4 is 21.3 Å². The minimum absolute atomic E-state index is 0.728. The molecule has 0 atom stereocenters. The first kappa shape index (κ1) is 17.6. The summed E-state index contributed by atoms with van der Waals surface area (Å²) in [6.07, 6.45) is 5.22. The Bertz CT molecular complexity index is 306. The SMILES string of the molecule is C1CC(NCCNCN2CCN(C3CCNCC3)CC2)CCN1. The van der Waals surface area contributed by atoms with Crippen LogP contribution in [0.1, 0.15) is 25.7 Å². The van der Waals surface area contributed by atoms with Crippen molar-refractivity contribution in [3.8, 4) is 0 Å². The van der Waals surface area contributed by atoms with E-state index in [2.05, 4.69) is 31.1 Å². The predicted molar refractivity (Wildman–Crippen MR) is 95.8 cm³/mol. The lowest BCUT2D eigenvalue weighted by Crippen LogP contribution is -2.54. The fourth-order valence-corrected chi connectivity index (χ4v) is 4.09. The van der Waals surface area contributed by atoms with Gasteiger partial charge in [0.2, 0.25) is 0 Å². The highest BCUT2D eigenvalue weighted by Crippen LogP contribution is 2.14. The number of hydrogen-bond donors (Lipinski definition) is 4. The first-order chi connectivity index (χ1) is 11.4. The van der Waals surface area contributed by atoms with Crippen LogP contribution >= 0.6 is 0 Å². The fourth-order valence-electron chi connectivity index (χ4n) is 4.09. The Morgan fingerprint density at radius 3 is 2.13 bits per heavy atom. The molecule has 0 aromatic carbocycles. The highest BCUT2D eigenvalue weighted by atomic mass is 15.3.